The second-order valence-corrected chi connectivity index (χ2v) is 4.12. The average Bonchev–Trinajstić information content (AvgIpc) is 2.43. The van der Waals surface area contributed by atoms with Gasteiger partial charge in [-0.25, -0.2) is 9.97 Å². The molecule has 1 aromatic heterocycles. The van der Waals surface area contributed by atoms with Crippen molar-refractivity contribution in [2.24, 2.45) is 0 Å². The van der Waals surface area contributed by atoms with Gasteiger partial charge in [-0.1, -0.05) is 25.5 Å². The number of rotatable bonds is 4. The number of aromatic nitrogens is 2. The van der Waals surface area contributed by atoms with Crippen molar-refractivity contribution in [1.82, 2.24) is 9.97 Å². The number of nitriles is 1. The number of nitrogen functional groups attached to an aromatic ring is 1. The summed E-state index contributed by atoms with van der Waals surface area (Å²) in [5, 5.41) is 12.2. The van der Waals surface area contributed by atoms with Crippen LogP contribution in [-0.4, -0.2) is 9.97 Å². The van der Waals surface area contributed by atoms with Crippen LogP contribution in [0.1, 0.15) is 24.5 Å². The van der Waals surface area contributed by atoms with Crippen molar-refractivity contribution in [2.75, 3.05) is 11.1 Å². The van der Waals surface area contributed by atoms with E-state index in [2.05, 4.69) is 28.3 Å². The molecule has 0 saturated heterocycles. The maximum atomic E-state index is 9.08. The zero-order chi connectivity index (χ0) is 13.7. The number of nitrogens with one attached hydrogen (secondary N) is 1. The molecule has 0 aliphatic heterocycles. The first-order valence-electron chi connectivity index (χ1n) is 6.11. The van der Waals surface area contributed by atoms with Crippen LogP contribution in [0.3, 0.4) is 0 Å². The Morgan fingerprint density at radius 2 is 2.11 bits per heavy atom. The van der Waals surface area contributed by atoms with E-state index in [0.717, 1.165) is 24.1 Å². The first-order valence-corrected chi connectivity index (χ1v) is 6.11. The van der Waals surface area contributed by atoms with E-state index >= 15 is 0 Å². The summed E-state index contributed by atoms with van der Waals surface area (Å²) in [5.74, 6) is 1.14. The second-order valence-electron chi connectivity index (χ2n) is 4.12. The predicted molar refractivity (Wildman–Crippen MR) is 74.9 cm³/mol. The number of hydrogen-bond donors (Lipinski definition) is 2. The second kappa shape index (κ2) is 5.83. The van der Waals surface area contributed by atoms with Crippen molar-refractivity contribution in [1.29, 1.82) is 5.26 Å². The number of anilines is 3. The van der Waals surface area contributed by atoms with Gasteiger partial charge in [0.1, 0.15) is 24.0 Å². The summed E-state index contributed by atoms with van der Waals surface area (Å²) in [7, 11) is 0. The van der Waals surface area contributed by atoms with E-state index in [4.69, 9.17) is 11.0 Å². The van der Waals surface area contributed by atoms with Gasteiger partial charge in [0, 0.05) is 5.56 Å². The normalized spacial score (nSPS) is 9.89. The first kappa shape index (κ1) is 12.8. The van der Waals surface area contributed by atoms with Crippen LogP contribution in [0.5, 0.6) is 0 Å². The summed E-state index contributed by atoms with van der Waals surface area (Å²) >= 11 is 0. The first-order chi connectivity index (χ1) is 9.26. The van der Waals surface area contributed by atoms with Crippen molar-refractivity contribution in [3.63, 3.8) is 0 Å². The third kappa shape index (κ3) is 2.80. The molecule has 5 heteroatoms. The zero-order valence-electron chi connectivity index (χ0n) is 10.7. The summed E-state index contributed by atoms with van der Waals surface area (Å²) in [6, 6.07) is 9.43. The van der Waals surface area contributed by atoms with Gasteiger partial charge >= 0.3 is 0 Å². The monoisotopic (exact) mass is 253 g/mol. The Labute approximate surface area is 112 Å². The fourth-order valence-electron chi connectivity index (χ4n) is 1.85. The zero-order valence-corrected chi connectivity index (χ0v) is 10.7. The highest BCUT2D eigenvalue weighted by atomic mass is 15.0. The standard InChI is InChI=1S/C14H15N5/c1-2-5-11-13(16)17-9-18-14(11)19-12-7-4-3-6-10(12)8-15/h3-4,6-7,9H,2,5H2,1H3,(H3,16,17,18,19). The molecule has 0 amide bonds. The minimum Gasteiger partial charge on any atom is -0.383 e. The molecule has 1 heterocycles. The fourth-order valence-corrected chi connectivity index (χ4v) is 1.85. The predicted octanol–water partition coefficient (Wildman–Crippen LogP) is 2.63. The minimum atomic E-state index is 0.480. The lowest BCUT2D eigenvalue weighted by atomic mass is 10.1. The Morgan fingerprint density at radius 3 is 2.84 bits per heavy atom. The third-order valence-electron chi connectivity index (χ3n) is 2.78. The van der Waals surface area contributed by atoms with Crippen molar-refractivity contribution < 1.29 is 0 Å². The molecule has 0 fully saturated rings. The quantitative estimate of drug-likeness (QED) is 0.874. The van der Waals surface area contributed by atoms with Gasteiger partial charge in [0.05, 0.1) is 11.3 Å². The Kier molecular flexibility index (Phi) is 3.94. The van der Waals surface area contributed by atoms with Crippen LogP contribution in [0.2, 0.25) is 0 Å². The molecule has 19 heavy (non-hydrogen) atoms. The van der Waals surface area contributed by atoms with Crippen LogP contribution in [-0.2, 0) is 6.42 Å². The molecule has 2 aromatic rings. The smallest absolute Gasteiger partial charge is 0.139 e. The summed E-state index contributed by atoms with van der Waals surface area (Å²) < 4.78 is 0. The number of nitrogens with zero attached hydrogens (tertiary/aromatic N) is 3. The van der Waals surface area contributed by atoms with Crippen molar-refractivity contribution in [3.05, 3.63) is 41.7 Å². The van der Waals surface area contributed by atoms with E-state index in [9.17, 15) is 0 Å². The molecule has 0 unspecified atom stereocenters. The molecule has 0 atom stereocenters. The highest BCUT2D eigenvalue weighted by Crippen LogP contribution is 2.24. The van der Waals surface area contributed by atoms with Gasteiger partial charge in [-0.15, -0.1) is 0 Å². The lowest BCUT2D eigenvalue weighted by Crippen LogP contribution is -2.05. The SMILES string of the molecule is CCCc1c(N)ncnc1Nc1ccccc1C#N. The third-order valence-corrected chi connectivity index (χ3v) is 2.78. The van der Waals surface area contributed by atoms with Gasteiger partial charge < -0.3 is 11.1 Å². The molecule has 0 bridgehead atoms. The van der Waals surface area contributed by atoms with Crippen molar-refractivity contribution >= 4 is 17.3 Å². The van der Waals surface area contributed by atoms with Gasteiger partial charge in [0.25, 0.3) is 0 Å². The van der Waals surface area contributed by atoms with Gasteiger partial charge in [0.15, 0.2) is 0 Å². The lowest BCUT2D eigenvalue weighted by molar-refractivity contribution is 0.908. The van der Waals surface area contributed by atoms with E-state index in [1.165, 1.54) is 6.33 Å². The maximum absolute atomic E-state index is 9.08. The summed E-state index contributed by atoms with van der Waals surface area (Å²) in [4.78, 5) is 8.22. The van der Waals surface area contributed by atoms with E-state index < -0.39 is 0 Å². The molecule has 0 spiro atoms. The molecule has 5 nitrogen and oxygen atoms in total. The Bertz CT molecular complexity index is 615. The molecule has 1 aromatic carbocycles. The lowest BCUT2D eigenvalue weighted by Gasteiger charge is -2.12. The molecule has 3 N–H and O–H groups in total. The maximum Gasteiger partial charge on any atom is 0.139 e. The van der Waals surface area contributed by atoms with Crippen LogP contribution >= 0.6 is 0 Å². The highest BCUT2D eigenvalue weighted by molar-refractivity contribution is 5.68. The molecule has 0 aliphatic rings. The molecule has 96 valence electrons. The molecule has 0 saturated carbocycles. The van der Waals surface area contributed by atoms with E-state index in [1.54, 1.807) is 6.07 Å². The summed E-state index contributed by atoms with van der Waals surface area (Å²) in [6.07, 6.45) is 3.17. The number of para-hydroxylation sites is 1. The van der Waals surface area contributed by atoms with Crippen LogP contribution in [0.25, 0.3) is 0 Å². The Balaban J connectivity index is 2.38. The molecular weight excluding hydrogens is 238 g/mol. The molecule has 2 rings (SSSR count). The molecule has 0 aliphatic carbocycles. The topological polar surface area (TPSA) is 87.6 Å². The van der Waals surface area contributed by atoms with E-state index in [-0.39, 0.29) is 0 Å². The van der Waals surface area contributed by atoms with E-state index in [1.807, 2.05) is 18.2 Å². The van der Waals surface area contributed by atoms with Gasteiger partial charge in [0.2, 0.25) is 0 Å². The Morgan fingerprint density at radius 1 is 1.32 bits per heavy atom. The molecule has 0 radical (unpaired) electrons. The van der Waals surface area contributed by atoms with Crippen molar-refractivity contribution in [2.45, 2.75) is 19.8 Å². The van der Waals surface area contributed by atoms with Crippen LogP contribution in [0, 0.1) is 11.3 Å². The average molecular weight is 253 g/mol. The minimum absolute atomic E-state index is 0.480. The van der Waals surface area contributed by atoms with E-state index in [0.29, 0.717) is 17.2 Å². The fraction of sp³-hybridized carbons (Fsp3) is 0.214. The van der Waals surface area contributed by atoms with Crippen LogP contribution in [0.4, 0.5) is 17.3 Å². The number of nitrogens with two attached hydrogens (primary N) is 1. The number of benzene rings is 1. The van der Waals surface area contributed by atoms with Crippen molar-refractivity contribution in [3.8, 4) is 6.07 Å². The molecular formula is C14H15N5. The van der Waals surface area contributed by atoms with Gasteiger partial charge in [-0.2, -0.15) is 5.26 Å². The Hall–Kier alpha value is -2.61. The van der Waals surface area contributed by atoms with Crippen LogP contribution in [0.15, 0.2) is 30.6 Å². The van der Waals surface area contributed by atoms with Crippen LogP contribution < -0.4 is 11.1 Å². The largest absolute Gasteiger partial charge is 0.383 e. The summed E-state index contributed by atoms with van der Waals surface area (Å²) in [6.45, 7) is 2.07. The summed E-state index contributed by atoms with van der Waals surface area (Å²) in [5.41, 5.74) is 8.06. The van der Waals surface area contributed by atoms with Gasteiger partial charge in [-0.3, -0.25) is 0 Å². The number of hydrogen-bond acceptors (Lipinski definition) is 5. The van der Waals surface area contributed by atoms with Gasteiger partial charge in [-0.05, 0) is 18.6 Å². The highest BCUT2D eigenvalue weighted by Gasteiger charge is 2.10.